The molecule has 0 saturated heterocycles. The number of carboxylic acids is 1. The van der Waals surface area contributed by atoms with Gasteiger partial charge in [0.05, 0.1) is 4.91 Å². The van der Waals surface area contributed by atoms with Crippen molar-refractivity contribution < 1.29 is 24.3 Å². The van der Waals surface area contributed by atoms with E-state index in [0.717, 1.165) is 11.8 Å². The lowest BCUT2D eigenvalue weighted by atomic mass is 9.90. The van der Waals surface area contributed by atoms with Gasteiger partial charge in [0.25, 0.3) is 0 Å². The summed E-state index contributed by atoms with van der Waals surface area (Å²) in [6.45, 7) is 2.77. The predicted octanol–water partition coefficient (Wildman–Crippen LogP) is 1.66. The molecule has 6 nitrogen and oxygen atoms in total. The van der Waals surface area contributed by atoms with Gasteiger partial charge >= 0.3 is 5.97 Å². The van der Waals surface area contributed by atoms with Gasteiger partial charge in [-0.3, -0.25) is 14.4 Å². The number of allylic oxidation sites excluding steroid dienone is 2. The van der Waals surface area contributed by atoms with Crippen molar-refractivity contribution in [3.8, 4) is 0 Å². The molecule has 7 heteroatoms. The van der Waals surface area contributed by atoms with Gasteiger partial charge < -0.3 is 10.4 Å². The summed E-state index contributed by atoms with van der Waals surface area (Å²) in [5.74, 6) is -2.24. The van der Waals surface area contributed by atoms with Gasteiger partial charge in [-0.2, -0.15) is 0 Å². The maximum atomic E-state index is 12.5. The van der Waals surface area contributed by atoms with Crippen LogP contribution >= 0.6 is 11.8 Å². The van der Waals surface area contributed by atoms with Gasteiger partial charge in [-0.25, -0.2) is 4.79 Å². The highest BCUT2D eigenvalue weighted by molar-refractivity contribution is 8.04. The van der Waals surface area contributed by atoms with Crippen molar-refractivity contribution >= 4 is 35.2 Å². The topological polar surface area (TPSA) is 101 Å². The molecule has 1 aromatic rings. The summed E-state index contributed by atoms with van der Waals surface area (Å²) in [6.07, 6.45) is 0. The summed E-state index contributed by atoms with van der Waals surface area (Å²) in [5, 5.41) is 11.4. The Kier molecular flexibility index (Phi) is 5.00. The van der Waals surface area contributed by atoms with E-state index in [9.17, 15) is 19.2 Å². The van der Waals surface area contributed by atoms with Crippen molar-refractivity contribution in [1.82, 2.24) is 5.32 Å². The first-order valence-corrected chi connectivity index (χ1v) is 7.83. The number of hydrogen-bond acceptors (Lipinski definition) is 5. The molecule has 0 unspecified atom stereocenters. The molecule has 0 saturated carbocycles. The van der Waals surface area contributed by atoms with Gasteiger partial charge in [-0.1, -0.05) is 24.3 Å². The average molecular weight is 333 g/mol. The molecule has 2 N–H and O–H groups in total. The number of ketones is 2. The van der Waals surface area contributed by atoms with E-state index in [1.165, 1.54) is 6.92 Å². The number of amides is 1. The lowest BCUT2D eigenvalue weighted by molar-refractivity contribution is -0.140. The van der Waals surface area contributed by atoms with Crippen LogP contribution < -0.4 is 5.32 Å². The van der Waals surface area contributed by atoms with E-state index in [1.807, 2.05) is 0 Å². The Bertz CT molecular complexity index is 738. The standard InChI is InChI=1S/C16H15NO5S/c1-8-13(19)10-5-3-4-6-11(10)14(20)15(8)23-7-12(16(21)22)17-9(2)18/h3-6,12H,7H2,1-2H3,(H,17,18)(H,21,22)/t12-/m0/s1. The van der Waals surface area contributed by atoms with E-state index in [1.54, 1.807) is 31.2 Å². The number of nitrogens with one attached hydrogen (secondary N) is 1. The minimum absolute atomic E-state index is 0.0389. The first kappa shape index (κ1) is 17.0. The number of carboxylic acid groups (broad SMARTS) is 1. The predicted molar refractivity (Wildman–Crippen MR) is 85.5 cm³/mol. The van der Waals surface area contributed by atoms with Crippen LogP contribution in [0.4, 0.5) is 0 Å². The Morgan fingerprint density at radius 1 is 1.17 bits per heavy atom. The Morgan fingerprint density at radius 3 is 2.26 bits per heavy atom. The van der Waals surface area contributed by atoms with E-state index >= 15 is 0 Å². The maximum absolute atomic E-state index is 12.5. The zero-order valence-electron chi connectivity index (χ0n) is 12.6. The smallest absolute Gasteiger partial charge is 0.327 e. The number of rotatable bonds is 5. The largest absolute Gasteiger partial charge is 0.480 e. The number of Topliss-reactive ketones (excluding diaryl/α,β-unsaturated/α-hetero) is 2. The van der Waals surface area contributed by atoms with E-state index in [-0.39, 0.29) is 22.2 Å². The lowest BCUT2D eigenvalue weighted by Crippen LogP contribution is -2.41. The Hall–Kier alpha value is -2.41. The van der Waals surface area contributed by atoms with Crippen LogP contribution in [0.1, 0.15) is 34.6 Å². The van der Waals surface area contributed by atoms with Crippen molar-refractivity contribution in [2.45, 2.75) is 19.9 Å². The molecule has 1 amide bonds. The third-order valence-electron chi connectivity index (χ3n) is 3.37. The van der Waals surface area contributed by atoms with Gasteiger partial charge in [0.2, 0.25) is 5.91 Å². The first-order chi connectivity index (χ1) is 10.8. The fourth-order valence-electron chi connectivity index (χ4n) is 2.24. The summed E-state index contributed by atoms with van der Waals surface area (Å²) in [5.41, 5.74) is 0.971. The van der Waals surface area contributed by atoms with E-state index in [4.69, 9.17) is 5.11 Å². The number of thioether (sulfide) groups is 1. The van der Waals surface area contributed by atoms with Gasteiger partial charge in [-0.15, -0.1) is 11.8 Å². The van der Waals surface area contributed by atoms with Crippen LogP contribution in [0.2, 0.25) is 0 Å². The summed E-state index contributed by atoms with van der Waals surface area (Å²) in [4.78, 5) is 47.2. The van der Waals surface area contributed by atoms with Crippen LogP contribution in [0.15, 0.2) is 34.7 Å². The zero-order valence-corrected chi connectivity index (χ0v) is 13.4. The molecule has 1 aliphatic rings. The molecule has 0 aliphatic heterocycles. The van der Waals surface area contributed by atoms with Gasteiger partial charge in [0, 0.05) is 29.4 Å². The fraction of sp³-hybridized carbons (Fsp3) is 0.250. The SMILES string of the molecule is CC(=O)N[C@@H](CSC1=C(C)C(=O)c2ccccc2C1=O)C(=O)O. The van der Waals surface area contributed by atoms with E-state index in [2.05, 4.69) is 5.32 Å². The van der Waals surface area contributed by atoms with Crippen molar-refractivity contribution in [3.05, 3.63) is 45.9 Å². The second kappa shape index (κ2) is 6.78. The van der Waals surface area contributed by atoms with E-state index in [0.29, 0.717) is 16.7 Å². The number of carbonyl (C=O) groups excluding carboxylic acids is 3. The highest BCUT2D eigenvalue weighted by Gasteiger charge is 2.31. The van der Waals surface area contributed by atoms with E-state index < -0.39 is 17.9 Å². The summed E-state index contributed by atoms with van der Waals surface area (Å²) < 4.78 is 0. The highest BCUT2D eigenvalue weighted by atomic mass is 32.2. The number of hydrogen-bond donors (Lipinski definition) is 2. The third-order valence-corrected chi connectivity index (χ3v) is 4.65. The molecule has 23 heavy (non-hydrogen) atoms. The second-order valence-electron chi connectivity index (χ2n) is 5.06. The molecule has 0 aromatic heterocycles. The zero-order chi connectivity index (χ0) is 17.1. The molecule has 0 spiro atoms. The van der Waals surface area contributed by atoms with Gasteiger partial charge in [-0.05, 0) is 6.92 Å². The molecular weight excluding hydrogens is 318 g/mol. The maximum Gasteiger partial charge on any atom is 0.327 e. The third kappa shape index (κ3) is 3.50. The highest BCUT2D eigenvalue weighted by Crippen LogP contribution is 2.32. The number of carbonyl (C=O) groups is 4. The second-order valence-corrected chi connectivity index (χ2v) is 6.09. The van der Waals surface area contributed by atoms with Crippen LogP contribution in [-0.2, 0) is 9.59 Å². The van der Waals surface area contributed by atoms with Gasteiger partial charge in [0.15, 0.2) is 11.6 Å². The van der Waals surface area contributed by atoms with Crippen LogP contribution in [0, 0.1) is 0 Å². The molecule has 0 bridgehead atoms. The first-order valence-electron chi connectivity index (χ1n) is 6.85. The van der Waals surface area contributed by atoms with Crippen LogP contribution in [0.5, 0.6) is 0 Å². The van der Waals surface area contributed by atoms with Crippen LogP contribution in [-0.4, -0.2) is 40.3 Å². The molecule has 2 rings (SSSR count). The van der Waals surface area contributed by atoms with Crippen molar-refractivity contribution in [3.63, 3.8) is 0 Å². The molecule has 0 heterocycles. The number of benzene rings is 1. The summed E-state index contributed by atoms with van der Waals surface area (Å²) >= 11 is 0.973. The Labute approximate surface area is 136 Å². The monoisotopic (exact) mass is 333 g/mol. The summed E-state index contributed by atoms with van der Waals surface area (Å²) in [6, 6.07) is 5.40. The molecule has 1 aromatic carbocycles. The average Bonchev–Trinajstić information content (AvgIpc) is 2.51. The minimum Gasteiger partial charge on any atom is -0.480 e. The van der Waals surface area contributed by atoms with Gasteiger partial charge in [0.1, 0.15) is 6.04 Å². The van der Waals surface area contributed by atoms with Crippen molar-refractivity contribution in [2.75, 3.05) is 5.75 Å². The van der Waals surface area contributed by atoms with Crippen molar-refractivity contribution in [2.24, 2.45) is 0 Å². The molecule has 0 fully saturated rings. The van der Waals surface area contributed by atoms with Crippen molar-refractivity contribution in [1.29, 1.82) is 0 Å². The van der Waals surface area contributed by atoms with Crippen LogP contribution in [0.3, 0.4) is 0 Å². The number of fused-ring (bicyclic) bond motifs is 1. The van der Waals surface area contributed by atoms with Crippen LogP contribution in [0.25, 0.3) is 0 Å². The fourth-order valence-corrected chi connectivity index (χ4v) is 3.35. The molecule has 120 valence electrons. The molecular formula is C16H15NO5S. The number of aliphatic carboxylic acids is 1. The quantitative estimate of drug-likeness (QED) is 0.850. The molecule has 1 aliphatic carbocycles. The Balaban J connectivity index is 2.24. The molecule has 0 radical (unpaired) electrons. The molecule has 1 atom stereocenters. The minimum atomic E-state index is -1.19. The lowest BCUT2D eigenvalue weighted by Gasteiger charge is -2.20. The Morgan fingerprint density at radius 2 is 1.74 bits per heavy atom. The normalized spacial score (nSPS) is 15.2. The summed E-state index contributed by atoms with van der Waals surface area (Å²) in [7, 11) is 0.